The minimum Gasteiger partial charge on any atom is -0.870 e. The largest absolute Gasteiger partial charge is 0.870 e. The Morgan fingerprint density at radius 3 is 2.31 bits per heavy atom. The molecule has 0 saturated carbocycles. The molecule has 0 unspecified atom stereocenters. The maximum atomic E-state index is 12.7. The van der Waals surface area contributed by atoms with Gasteiger partial charge in [-0.25, -0.2) is 0 Å². The van der Waals surface area contributed by atoms with E-state index in [1.165, 1.54) is 11.1 Å². The molecule has 26 heavy (non-hydrogen) atoms. The number of nitrogens with zero attached hydrogens (tertiary/aromatic N) is 1. The molecule has 5 heteroatoms. The highest BCUT2D eigenvalue weighted by atomic mass is 16.5. The van der Waals surface area contributed by atoms with E-state index in [1.807, 2.05) is 12.1 Å². The fourth-order valence-electron chi connectivity index (χ4n) is 4.56. The van der Waals surface area contributed by atoms with Crippen LogP contribution in [0.15, 0.2) is 18.2 Å². The van der Waals surface area contributed by atoms with Crippen LogP contribution in [0.4, 0.5) is 0 Å². The first kappa shape index (κ1) is 17.0. The molecule has 2 aromatic rings. The molecule has 0 fully saturated rings. The monoisotopic (exact) mass is 355 g/mol. The maximum absolute atomic E-state index is 12.7. The van der Waals surface area contributed by atoms with Gasteiger partial charge in [0.05, 0.1) is 42.0 Å². The maximum Gasteiger partial charge on any atom is 0.161 e. The molecule has 0 amide bonds. The quantitative estimate of drug-likeness (QED) is 0.795. The van der Waals surface area contributed by atoms with E-state index in [2.05, 4.69) is 14.1 Å². The van der Waals surface area contributed by atoms with E-state index in [0.717, 1.165) is 40.6 Å². The van der Waals surface area contributed by atoms with Gasteiger partial charge in [0, 0.05) is 24.0 Å². The van der Waals surface area contributed by atoms with Crippen molar-refractivity contribution in [2.24, 2.45) is 0 Å². The van der Waals surface area contributed by atoms with Gasteiger partial charge in [0.1, 0.15) is 11.8 Å². The van der Waals surface area contributed by atoms with Crippen LogP contribution in [-0.4, -0.2) is 46.5 Å². The molecule has 1 aliphatic carbocycles. The van der Waals surface area contributed by atoms with E-state index >= 15 is 0 Å². The SMILES string of the molecule is COc1cc2c(cc1OC)-c1c(OC)c([O-])cc3c1[C@H](C2)[N+](C)(C)CC3. The Labute approximate surface area is 154 Å². The van der Waals surface area contributed by atoms with Crippen molar-refractivity contribution < 1.29 is 23.8 Å². The summed E-state index contributed by atoms with van der Waals surface area (Å²) in [5, 5.41) is 12.7. The average Bonchev–Trinajstić information content (AvgIpc) is 2.63. The lowest BCUT2D eigenvalue weighted by molar-refractivity contribution is -0.923. The molecule has 0 spiro atoms. The molecule has 138 valence electrons. The van der Waals surface area contributed by atoms with Crippen molar-refractivity contribution in [3.63, 3.8) is 0 Å². The predicted molar refractivity (Wildman–Crippen MR) is 98.1 cm³/mol. The number of hydrogen-bond donors (Lipinski definition) is 0. The van der Waals surface area contributed by atoms with Gasteiger partial charge in [-0.1, -0.05) is 11.8 Å². The van der Waals surface area contributed by atoms with Crippen LogP contribution in [0.5, 0.6) is 23.0 Å². The number of benzene rings is 2. The zero-order valence-electron chi connectivity index (χ0n) is 16.0. The third-order valence-electron chi connectivity index (χ3n) is 6.00. The molecule has 2 aliphatic rings. The zero-order chi connectivity index (χ0) is 18.6. The topological polar surface area (TPSA) is 50.8 Å². The van der Waals surface area contributed by atoms with Gasteiger partial charge < -0.3 is 23.8 Å². The number of ether oxygens (including phenoxy) is 3. The Morgan fingerprint density at radius 1 is 0.962 bits per heavy atom. The second-order valence-corrected chi connectivity index (χ2v) is 7.69. The van der Waals surface area contributed by atoms with Crippen molar-refractivity contribution in [3.05, 3.63) is 34.9 Å². The molecular formula is C21H25NO4. The lowest BCUT2D eigenvalue weighted by atomic mass is 9.75. The van der Waals surface area contributed by atoms with E-state index < -0.39 is 0 Å². The Bertz CT molecular complexity index is 888. The van der Waals surface area contributed by atoms with Crippen LogP contribution >= 0.6 is 0 Å². The Morgan fingerprint density at radius 2 is 1.65 bits per heavy atom. The minimum absolute atomic E-state index is 0.0464. The minimum atomic E-state index is -0.0464. The molecule has 0 bridgehead atoms. The highest BCUT2D eigenvalue weighted by Gasteiger charge is 2.42. The van der Waals surface area contributed by atoms with Crippen LogP contribution in [0.1, 0.15) is 22.7 Å². The van der Waals surface area contributed by atoms with Crippen LogP contribution < -0.4 is 19.3 Å². The van der Waals surface area contributed by atoms with Crippen molar-refractivity contribution in [1.29, 1.82) is 0 Å². The van der Waals surface area contributed by atoms with Crippen molar-refractivity contribution in [1.82, 2.24) is 0 Å². The van der Waals surface area contributed by atoms with Gasteiger partial charge in [0.25, 0.3) is 0 Å². The Balaban J connectivity index is 2.08. The second-order valence-electron chi connectivity index (χ2n) is 7.69. The summed E-state index contributed by atoms with van der Waals surface area (Å²) in [5.41, 5.74) is 5.55. The first-order valence-electron chi connectivity index (χ1n) is 8.90. The Hall–Kier alpha value is -2.40. The highest BCUT2D eigenvalue weighted by molar-refractivity contribution is 5.84. The fourth-order valence-corrected chi connectivity index (χ4v) is 4.56. The van der Waals surface area contributed by atoms with E-state index in [1.54, 1.807) is 27.4 Å². The fraction of sp³-hybridized carbons (Fsp3) is 0.429. The van der Waals surface area contributed by atoms with E-state index in [4.69, 9.17) is 14.2 Å². The molecule has 1 heterocycles. The molecule has 1 aliphatic heterocycles. The van der Waals surface area contributed by atoms with Gasteiger partial charge in [-0.2, -0.15) is 0 Å². The standard InChI is InChI=1S/C21H25NO4/c1-22(2)7-6-12-9-16(23)21(26-5)20-14-11-18(25-4)17(24-3)10-13(14)8-15(22)19(12)20/h9-11,15H,6-8H2,1-5H3/t15-/m0/s1. The van der Waals surface area contributed by atoms with E-state index in [-0.39, 0.29) is 5.75 Å². The summed E-state index contributed by atoms with van der Waals surface area (Å²) in [6.07, 6.45) is 1.82. The van der Waals surface area contributed by atoms with Crippen LogP contribution in [0, 0.1) is 0 Å². The third-order valence-corrected chi connectivity index (χ3v) is 6.00. The van der Waals surface area contributed by atoms with Crippen LogP contribution in [0.3, 0.4) is 0 Å². The van der Waals surface area contributed by atoms with Crippen molar-refractivity contribution >= 4 is 0 Å². The van der Waals surface area contributed by atoms with E-state index in [9.17, 15) is 5.11 Å². The van der Waals surface area contributed by atoms with E-state index in [0.29, 0.717) is 23.3 Å². The smallest absolute Gasteiger partial charge is 0.161 e. The number of fused-ring (bicyclic) bond motifs is 2. The summed E-state index contributed by atoms with van der Waals surface area (Å²) in [4.78, 5) is 0. The second kappa shape index (κ2) is 5.81. The Kier molecular flexibility index (Phi) is 3.81. The molecule has 0 aromatic heterocycles. The number of quaternary nitrogens is 1. The van der Waals surface area contributed by atoms with Gasteiger partial charge >= 0.3 is 0 Å². The average molecular weight is 355 g/mol. The number of likely N-dealkylation sites (N-methyl/N-ethyl adjacent to an activating group) is 1. The molecule has 2 aromatic carbocycles. The summed E-state index contributed by atoms with van der Waals surface area (Å²) < 4.78 is 17.5. The van der Waals surface area contributed by atoms with Gasteiger partial charge in [0.15, 0.2) is 11.5 Å². The van der Waals surface area contributed by atoms with Gasteiger partial charge in [-0.05, 0) is 28.8 Å². The lowest BCUT2D eigenvalue weighted by Crippen LogP contribution is -2.49. The first-order chi connectivity index (χ1) is 12.4. The number of rotatable bonds is 3. The molecule has 4 rings (SSSR count). The van der Waals surface area contributed by atoms with Crippen LogP contribution in [0.2, 0.25) is 0 Å². The highest BCUT2D eigenvalue weighted by Crippen LogP contribution is 2.54. The first-order valence-corrected chi connectivity index (χ1v) is 8.90. The summed E-state index contributed by atoms with van der Waals surface area (Å²) in [5.74, 6) is 1.77. The molecule has 0 radical (unpaired) electrons. The molecular weight excluding hydrogens is 330 g/mol. The molecule has 5 nitrogen and oxygen atoms in total. The van der Waals surface area contributed by atoms with Crippen molar-refractivity contribution in [2.45, 2.75) is 18.9 Å². The zero-order valence-corrected chi connectivity index (χ0v) is 16.0. The number of hydrogen-bond acceptors (Lipinski definition) is 4. The molecule has 1 atom stereocenters. The summed E-state index contributed by atoms with van der Waals surface area (Å²) in [6.45, 7) is 1.02. The lowest BCUT2D eigenvalue weighted by Gasteiger charge is -2.46. The molecule has 0 N–H and O–H groups in total. The van der Waals surface area contributed by atoms with Crippen LogP contribution in [-0.2, 0) is 12.8 Å². The summed E-state index contributed by atoms with van der Waals surface area (Å²) >= 11 is 0. The van der Waals surface area contributed by atoms with Crippen molar-refractivity contribution in [2.75, 3.05) is 42.0 Å². The number of methoxy groups -OCH3 is 3. The normalized spacial score (nSPS) is 19.3. The predicted octanol–water partition coefficient (Wildman–Crippen LogP) is 2.68. The van der Waals surface area contributed by atoms with Crippen molar-refractivity contribution in [3.8, 4) is 34.1 Å². The van der Waals surface area contributed by atoms with Gasteiger partial charge in [0.2, 0.25) is 0 Å². The summed E-state index contributed by atoms with van der Waals surface area (Å²) in [6, 6.07) is 6.10. The van der Waals surface area contributed by atoms with Gasteiger partial charge in [-0.15, -0.1) is 0 Å². The van der Waals surface area contributed by atoms with Gasteiger partial charge in [-0.3, -0.25) is 0 Å². The molecule has 0 saturated heterocycles. The van der Waals surface area contributed by atoms with Crippen LogP contribution in [0.25, 0.3) is 11.1 Å². The third kappa shape index (κ3) is 2.27. The summed E-state index contributed by atoms with van der Waals surface area (Å²) in [7, 11) is 9.39.